The van der Waals surface area contributed by atoms with Gasteiger partial charge in [0.1, 0.15) is 6.54 Å². The van der Waals surface area contributed by atoms with E-state index < -0.39 is 15.9 Å². The van der Waals surface area contributed by atoms with Crippen LogP contribution in [0.25, 0.3) is 10.8 Å². The molecule has 170 valence electrons. The van der Waals surface area contributed by atoms with Crippen LogP contribution < -0.4 is 15.4 Å². The van der Waals surface area contributed by atoms with Crippen LogP contribution in [-0.2, 0) is 26.2 Å². The van der Waals surface area contributed by atoms with E-state index in [9.17, 15) is 18.0 Å². The van der Waals surface area contributed by atoms with Gasteiger partial charge in [-0.2, -0.15) is 0 Å². The van der Waals surface area contributed by atoms with Crippen molar-refractivity contribution >= 4 is 44.0 Å². The number of likely N-dealkylation sites (tertiary alicyclic amines) is 1. The van der Waals surface area contributed by atoms with E-state index in [0.717, 1.165) is 34.6 Å². The molecule has 5 rings (SSSR count). The van der Waals surface area contributed by atoms with Gasteiger partial charge in [0.2, 0.25) is 11.8 Å². The minimum atomic E-state index is -3.80. The van der Waals surface area contributed by atoms with Crippen molar-refractivity contribution in [3.63, 3.8) is 0 Å². The average Bonchev–Trinajstić information content (AvgIpc) is 3.32. The van der Waals surface area contributed by atoms with Crippen molar-refractivity contribution in [2.75, 3.05) is 22.7 Å². The van der Waals surface area contributed by atoms with Crippen molar-refractivity contribution in [3.8, 4) is 0 Å². The quantitative estimate of drug-likeness (QED) is 0.582. The van der Waals surface area contributed by atoms with Gasteiger partial charge in [0.25, 0.3) is 10.0 Å². The van der Waals surface area contributed by atoms with Gasteiger partial charge >= 0.3 is 0 Å². The maximum absolute atomic E-state index is 13.1. The summed E-state index contributed by atoms with van der Waals surface area (Å²) in [5.74, 6) is -0.753. The van der Waals surface area contributed by atoms with Crippen LogP contribution >= 0.6 is 0 Å². The summed E-state index contributed by atoms with van der Waals surface area (Å²) in [6, 6.07) is 17.6. The second kappa shape index (κ2) is 8.17. The molecule has 2 aliphatic rings. The number of rotatable bonds is 6. The molecule has 33 heavy (non-hydrogen) atoms. The molecule has 2 amide bonds. The first-order valence-electron chi connectivity index (χ1n) is 10.8. The topological polar surface area (TPSA) is 113 Å². The Labute approximate surface area is 192 Å². The predicted molar refractivity (Wildman–Crippen MR) is 126 cm³/mol. The standard InChI is InChI=1S/C24H24N4O4S/c25-24(30)20-10-4-12-27(20)14-16-5-1-8-18(13-16)26-22(29)15-28-19-9-2-6-17-7-3-11-21(23(17)19)33(28,31)32/h1-3,5-9,11,13,20H,4,10,12,14-15H2,(H2,25,30)(H,26,29). The molecule has 0 bridgehead atoms. The summed E-state index contributed by atoms with van der Waals surface area (Å²) in [5, 5.41) is 4.27. The van der Waals surface area contributed by atoms with Crippen LogP contribution in [0.15, 0.2) is 65.6 Å². The van der Waals surface area contributed by atoms with E-state index >= 15 is 0 Å². The minimum Gasteiger partial charge on any atom is -0.368 e. The zero-order valence-corrected chi connectivity index (χ0v) is 18.7. The molecular formula is C24H24N4O4S. The summed E-state index contributed by atoms with van der Waals surface area (Å²) in [4.78, 5) is 26.7. The maximum Gasteiger partial charge on any atom is 0.265 e. The van der Waals surface area contributed by atoms with Gasteiger partial charge in [0.15, 0.2) is 0 Å². The molecule has 0 aliphatic carbocycles. The third-order valence-corrected chi connectivity index (χ3v) is 8.06. The van der Waals surface area contributed by atoms with Crippen molar-refractivity contribution in [2.24, 2.45) is 5.73 Å². The van der Waals surface area contributed by atoms with E-state index in [1.54, 1.807) is 30.3 Å². The fourth-order valence-corrected chi connectivity index (χ4v) is 6.45. The second-order valence-corrected chi connectivity index (χ2v) is 10.3. The number of nitrogens with zero attached hydrogens (tertiary/aromatic N) is 2. The first kappa shape index (κ1) is 21.4. The normalized spacial score (nSPS) is 19.2. The average molecular weight is 465 g/mol. The highest BCUT2D eigenvalue weighted by Crippen LogP contribution is 2.41. The number of primary amides is 1. The summed E-state index contributed by atoms with van der Waals surface area (Å²) in [6.07, 6.45) is 1.68. The monoisotopic (exact) mass is 464 g/mol. The zero-order chi connectivity index (χ0) is 23.2. The lowest BCUT2D eigenvalue weighted by molar-refractivity contribution is -0.122. The number of nitrogens with one attached hydrogen (secondary N) is 1. The van der Waals surface area contributed by atoms with Gasteiger partial charge in [-0.3, -0.25) is 18.8 Å². The van der Waals surface area contributed by atoms with Gasteiger partial charge in [-0.15, -0.1) is 0 Å². The Morgan fingerprint density at radius 3 is 2.61 bits per heavy atom. The highest BCUT2D eigenvalue weighted by atomic mass is 32.2. The van der Waals surface area contributed by atoms with E-state index in [1.807, 2.05) is 35.2 Å². The summed E-state index contributed by atoms with van der Waals surface area (Å²) in [5.41, 5.74) is 7.52. The lowest BCUT2D eigenvalue weighted by Crippen LogP contribution is -2.39. The minimum absolute atomic E-state index is 0.222. The molecule has 0 radical (unpaired) electrons. The molecule has 1 saturated heterocycles. The van der Waals surface area contributed by atoms with Crippen LogP contribution in [0.4, 0.5) is 11.4 Å². The summed E-state index contributed by atoms with van der Waals surface area (Å²) in [7, 11) is -3.80. The van der Waals surface area contributed by atoms with Crippen LogP contribution in [-0.4, -0.2) is 44.3 Å². The Morgan fingerprint density at radius 2 is 1.82 bits per heavy atom. The number of carbonyl (C=O) groups is 2. The molecule has 9 heteroatoms. The van der Waals surface area contributed by atoms with E-state index in [2.05, 4.69) is 5.32 Å². The molecule has 0 aromatic heterocycles. The SMILES string of the molecule is NC(=O)C1CCCN1Cc1cccc(NC(=O)CN2c3cccc4cccc(c34)S2(=O)=O)c1. The van der Waals surface area contributed by atoms with Gasteiger partial charge in [0.05, 0.1) is 16.6 Å². The van der Waals surface area contributed by atoms with Crippen LogP contribution in [0.5, 0.6) is 0 Å². The lowest BCUT2D eigenvalue weighted by atomic mass is 10.1. The van der Waals surface area contributed by atoms with Gasteiger partial charge in [-0.25, -0.2) is 8.42 Å². The Balaban J connectivity index is 1.32. The van der Waals surface area contributed by atoms with E-state index in [0.29, 0.717) is 23.3 Å². The van der Waals surface area contributed by atoms with Crippen LogP contribution in [0.2, 0.25) is 0 Å². The Bertz CT molecular complexity index is 1370. The maximum atomic E-state index is 13.1. The summed E-state index contributed by atoms with van der Waals surface area (Å²) in [6.45, 7) is 1.02. The van der Waals surface area contributed by atoms with Gasteiger partial charge in [-0.1, -0.05) is 36.4 Å². The number of anilines is 2. The van der Waals surface area contributed by atoms with Crippen LogP contribution in [0, 0.1) is 0 Å². The molecule has 1 fully saturated rings. The molecule has 2 aliphatic heterocycles. The summed E-state index contributed by atoms with van der Waals surface area (Å²) < 4.78 is 27.3. The number of benzene rings is 3. The molecule has 2 heterocycles. The van der Waals surface area contributed by atoms with E-state index in [-0.39, 0.29) is 23.4 Å². The van der Waals surface area contributed by atoms with Crippen molar-refractivity contribution in [1.29, 1.82) is 0 Å². The Morgan fingerprint density at radius 1 is 1.06 bits per heavy atom. The second-order valence-electron chi connectivity index (χ2n) is 8.42. The largest absolute Gasteiger partial charge is 0.368 e. The van der Waals surface area contributed by atoms with Crippen molar-refractivity contribution < 1.29 is 18.0 Å². The number of hydrogen-bond donors (Lipinski definition) is 2. The van der Waals surface area contributed by atoms with E-state index in [1.165, 1.54) is 0 Å². The molecule has 3 N–H and O–H groups in total. The Hall–Kier alpha value is -3.43. The number of carbonyl (C=O) groups excluding carboxylic acids is 2. The van der Waals surface area contributed by atoms with Gasteiger partial charge in [0, 0.05) is 17.6 Å². The van der Waals surface area contributed by atoms with Gasteiger partial charge in [-0.05, 0) is 54.6 Å². The van der Waals surface area contributed by atoms with E-state index in [4.69, 9.17) is 5.73 Å². The molecule has 0 spiro atoms. The fraction of sp³-hybridized carbons (Fsp3) is 0.250. The van der Waals surface area contributed by atoms with Crippen molar-refractivity contribution in [2.45, 2.75) is 30.3 Å². The Kier molecular flexibility index (Phi) is 5.30. The highest BCUT2D eigenvalue weighted by Gasteiger charge is 2.36. The molecule has 3 aromatic rings. The first-order chi connectivity index (χ1) is 15.8. The van der Waals surface area contributed by atoms with Crippen LogP contribution in [0.1, 0.15) is 18.4 Å². The number of sulfonamides is 1. The van der Waals surface area contributed by atoms with Gasteiger partial charge < -0.3 is 11.1 Å². The fourth-order valence-electron chi connectivity index (χ4n) is 4.78. The smallest absolute Gasteiger partial charge is 0.265 e. The zero-order valence-electron chi connectivity index (χ0n) is 17.9. The molecule has 8 nitrogen and oxygen atoms in total. The van der Waals surface area contributed by atoms with Crippen molar-refractivity contribution in [1.82, 2.24) is 4.90 Å². The molecule has 3 aromatic carbocycles. The molecule has 1 atom stereocenters. The predicted octanol–water partition coefficient (Wildman–Crippen LogP) is 2.44. The van der Waals surface area contributed by atoms with Crippen molar-refractivity contribution in [3.05, 3.63) is 66.2 Å². The lowest BCUT2D eigenvalue weighted by Gasteiger charge is -2.22. The highest BCUT2D eigenvalue weighted by molar-refractivity contribution is 7.93. The molecule has 0 saturated carbocycles. The molecular weight excluding hydrogens is 440 g/mol. The van der Waals surface area contributed by atoms with Crippen LogP contribution in [0.3, 0.4) is 0 Å². The number of hydrogen-bond acceptors (Lipinski definition) is 5. The third kappa shape index (κ3) is 3.83. The number of amides is 2. The summed E-state index contributed by atoms with van der Waals surface area (Å²) >= 11 is 0. The first-order valence-corrected chi connectivity index (χ1v) is 12.3. The number of nitrogens with two attached hydrogens (primary N) is 1. The third-order valence-electron chi connectivity index (χ3n) is 6.26. The molecule has 1 unspecified atom stereocenters.